The molecule has 0 atom stereocenters. The molecule has 1 aromatic rings. The number of carbonyl (C=O) groups excluding carboxylic acids is 2. The van der Waals surface area contributed by atoms with Crippen molar-refractivity contribution in [2.75, 3.05) is 50.0 Å². The van der Waals surface area contributed by atoms with Gasteiger partial charge < -0.3 is 25.8 Å². The minimum absolute atomic E-state index is 0.0673. The highest BCUT2D eigenvalue weighted by Gasteiger charge is 2.15. The van der Waals surface area contributed by atoms with Gasteiger partial charge in [-0.15, -0.1) is 0 Å². The number of benzene rings is 1. The number of likely N-dealkylation sites (N-methyl/N-ethyl adjacent to an activating group) is 1. The average molecular weight is 347 g/mol. The second-order valence-electron chi connectivity index (χ2n) is 7.44. The molecule has 3 amide bonds. The van der Waals surface area contributed by atoms with Crippen molar-refractivity contribution in [3.63, 3.8) is 0 Å². The van der Waals surface area contributed by atoms with Crippen LogP contribution in [0.4, 0.5) is 16.2 Å². The molecule has 25 heavy (non-hydrogen) atoms. The van der Waals surface area contributed by atoms with Crippen molar-refractivity contribution in [2.45, 2.75) is 26.3 Å². The maximum absolute atomic E-state index is 11.9. The van der Waals surface area contributed by atoms with Crippen molar-refractivity contribution in [1.82, 2.24) is 15.5 Å². The van der Waals surface area contributed by atoms with Crippen LogP contribution in [-0.2, 0) is 4.79 Å². The first kappa shape index (κ1) is 19.1. The van der Waals surface area contributed by atoms with E-state index in [1.165, 1.54) is 0 Å². The summed E-state index contributed by atoms with van der Waals surface area (Å²) in [6, 6.07) is 7.45. The third kappa shape index (κ3) is 6.62. The Morgan fingerprint density at radius 1 is 1.04 bits per heavy atom. The van der Waals surface area contributed by atoms with Crippen LogP contribution in [0.25, 0.3) is 0 Å². The molecule has 0 spiro atoms. The molecule has 0 unspecified atom stereocenters. The second kappa shape index (κ2) is 8.20. The first-order valence-corrected chi connectivity index (χ1v) is 8.62. The van der Waals surface area contributed by atoms with Crippen molar-refractivity contribution in [3.05, 3.63) is 24.3 Å². The van der Waals surface area contributed by atoms with Crippen molar-refractivity contribution >= 4 is 23.3 Å². The van der Waals surface area contributed by atoms with Crippen LogP contribution in [0.5, 0.6) is 0 Å². The fraction of sp³-hybridized carbons (Fsp3) is 0.556. The van der Waals surface area contributed by atoms with E-state index in [1.807, 2.05) is 45.0 Å². The van der Waals surface area contributed by atoms with Gasteiger partial charge in [0.15, 0.2) is 0 Å². The van der Waals surface area contributed by atoms with Crippen molar-refractivity contribution in [1.29, 1.82) is 0 Å². The van der Waals surface area contributed by atoms with Gasteiger partial charge in [-0.25, -0.2) is 4.79 Å². The zero-order valence-corrected chi connectivity index (χ0v) is 15.6. The standard InChI is InChI=1S/C18H29N5O2/c1-18(2,3)21-17(25)19-13-16(24)20-14-5-7-15(8-6-14)23-11-9-22(4)10-12-23/h5-8H,9-13H2,1-4H3,(H,20,24)(H2,19,21,25). The summed E-state index contributed by atoms with van der Waals surface area (Å²) >= 11 is 0. The van der Waals surface area contributed by atoms with E-state index < -0.39 is 0 Å². The molecule has 7 heteroatoms. The summed E-state index contributed by atoms with van der Waals surface area (Å²) < 4.78 is 0. The third-order valence-corrected chi connectivity index (χ3v) is 3.92. The number of urea groups is 1. The normalized spacial score (nSPS) is 15.6. The first-order chi connectivity index (χ1) is 11.7. The summed E-state index contributed by atoms with van der Waals surface area (Å²) in [5.41, 5.74) is 1.55. The van der Waals surface area contributed by atoms with E-state index in [0.29, 0.717) is 0 Å². The lowest BCUT2D eigenvalue weighted by Crippen LogP contribution is -2.48. The number of rotatable bonds is 4. The van der Waals surface area contributed by atoms with Gasteiger partial charge in [-0.05, 0) is 52.1 Å². The second-order valence-corrected chi connectivity index (χ2v) is 7.44. The highest BCUT2D eigenvalue weighted by molar-refractivity contribution is 5.94. The van der Waals surface area contributed by atoms with Crippen LogP contribution in [0, 0.1) is 0 Å². The molecule has 0 saturated carbocycles. The fourth-order valence-electron chi connectivity index (χ4n) is 2.57. The Morgan fingerprint density at radius 3 is 2.20 bits per heavy atom. The van der Waals surface area contributed by atoms with Gasteiger partial charge in [0.25, 0.3) is 0 Å². The monoisotopic (exact) mass is 347 g/mol. The Bertz CT molecular complexity index is 586. The number of hydrogen-bond donors (Lipinski definition) is 3. The molecule has 0 bridgehead atoms. The molecule has 0 aromatic heterocycles. The first-order valence-electron chi connectivity index (χ1n) is 8.62. The molecule has 0 aliphatic carbocycles. The molecule has 1 fully saturated rings. The summed E-state index contributed by atoms with van der Waals surface area (Å²) in [6.45, 7) is 9.71. The predicted molar refractivity (Wildman–Crippen MR) is 101 cm³/mol. The molecule has 1 aromatic carbocycles. The lowest BCUT2D eigenvalue weighted by molar-refractivity contribution is -0.115. The zero-order chi connectivity index (χ0) is 18.4. The van der Waals surface area contributed by atoms with E-state index in [1.54, 1.807) is 0 Å². The van der Waals surface area contributed by atoms with Crippen LogP contribution in [0.1, 0.15) is 20.8 Å². The fourth-order valence-corrected chi connectivity index (χ4v) is 2.57. The Balaban J connectivity index is 1.78. The molecule has 1 aliphatic rings. The molecule has 1 saturated heterocycles. The van der Waals surface area contributed by atoms with Crippen LogP contribution < -0.4 is 20.9 Å². The lowest BCUT2D eigenvalue weighted by Gasteiger charge is -2.34. The topological polar surface area (TPSA) is 76.7 Å². The van der Waals surface area contributed by atoms with Gasteiger partial charge in [0.2, 0.25) is 5.91 Å². The Labute approximate surface area is 149 Å². The Hall–Kier alpha value is -2.28. The molecule has 138 valence electrons. The maximum Gasteiger partial charge on any atom is 0.315 e. The minimum Gasteiger partial charge on any atom is -0.369 e. The predicted octanol–water partition coefficient (Wildman–Crippen LogP) is 1.47. The summed E-state index contributed by atoms with van der Waals surface area (Å²) in [6.07, 6.45) is 0. The molecule has 0 radical (unpaired) electrons. The number of hydrogen-bond acceptors (Lipinski definition) is 4. The van der Waals surface area contributed by atoms with E-state index in [2.05, 4.69) is 32.8 Å². The lowest BCUT2D eigenvalue weighted by atomic mass is 10.1. The SMILES string of the molecule is CN1CCN(c2ccc(NC(=O)CNC(=O)NC(C)(C)C)cc2)CC1. The molecule has 1 heterocycles. The summed E-state index contributed by atoms with van der Waals surface area (Å²) in [5.74, 6) is -0.253. The number of nitrogens with one attached hydrogen (secondary N) is 3. The average Bonchev–Trinajstić information content (AvgIpc) is 2.53. The van der Waals surface area contributed by atoms with Crippen molar-refractivity contribution in [2.24, 2.45) is 0 Å². The number of anilines is 2. The smallest absolute Gasteiger partial charge is 0.315 e. The number of piperazine rings is 1. The maximum atomic E-state index is 11.9. The van der Waals surface area contributed by atoms with Crippen molar-refractivity contribution in [3.8, 4) is 0 Å². The van der Waals surface area contributed by atoms with Gasteiger partial charge in [0.1, 0.15) is 0 Å². The summed E-state index contributed by atoms with van der Waals surface area (Å²) in [5, 5.41) is 8.09. The van der Waals surface area contributed by atoms with Crippen LogP contribution in [0.15, 0.2) is 24.3 Å². The number of nitrogens with zero attached hydrogens (tertiary/aromatic N) is 2. The van der Waals surface area contributed by atoms with Crippen LogP contribution >= 0.6 is 0 Å². The molecule has 1 aliphatic heterocycles. The quantitative estimate of drug-likeness (QED) is 0.771. The molecule has 2 rings (SSSR count). The minimum atomic E-state index is -0.354. The molecule has 3 N–H and O–H groups in total. The van der Waals surface area contributed by atoms with Gasteiger partial charge in [-0.2, -0.15) is 0 Å². The molecule has 7 nitrogen and oxygen atoms in total. The Kier molecular flexibility index (Phi) is 6.25. The van der Waals surface area contributed by atoms with Gasteiger partial charge in [-0.3, -0.25) is 4.79 Å². The third-order valence-electron chi connectivity index (χ3n) is 3.92. The highest BCUT2D eigenvalue weighted by atomic mass is 16.2. The largest absolute Gasteiger partial charge is 0.369 e. The van der Waals surface area contributed by atoms with Crippen LogP contribution in [0.3, 0.4) is 0 Å². The molecular weight excluding hydrogens is 318 g/mol. The van der Waals surface area contributed by atoms with Crippen LogP contribution in [-0.4, -0.2) is 62.1 Å². The Morgan fingerprint density at radius 2 is 1.64 bits per heavy atom. The van der Waals surface area contributed by atoms with Crippen molar-refractivity contribution < 1.29 is 9.59 Å². The van der Waals surface area contributed by atoms with Gasteiger partial charge >= 0.3 is 6.03 Å². The van der Waals surface area contributed by atoms with E-state index >= 15 is 0 Å². The summed E-state index contributed by atoms with van der Waals surface area (Å²) in [4.78, 5) is 28.2. The number of carbonyl (C=O) groups is 2. The van der Waals surface area contributed by atoms with E-state index in [9.17, 15) is 9.59 Å². The highest BCUT2D eigenvalue weighted by Crippen LogP contribution is 2.19. The molecular formula is C18H29N5O2. The van der Waals surface area contributed by atoms with E-state index in [0.717, 1.165) is 37.6 Å². The zero-order valence-electron chi connectivity index (χ0n) is 15.6. The van der Waals surface area contributed by atoms with E-state index in [4.69, 9.17) is 0 Å². The van der Waals surface area contributed by atoms with Crippen LogP contribution in [0.2, 0.25) is 0 Å². The van der Waals surface area contributed by atoms with Gasteiger partial charge in [0, 0.05) is 43.1 Å². The van der Waals surface area contributed by atoms with E-state index in [-0.39, 0.29) is 24.0 Å². The number of amides is 3. The van der Waals surface area contributed by atoms with Gasteiger partial charge in [-0.1, -0.05) is 0 Å². The van der Waals surface area contributed by atoms with Gasteiger partial charge in [0.05, 0.1) is 6.54 Å². The summed E-state index contributed by atoms with van der Waals surface area (Å²) in [7, 11) is 2.13.